The Labute approximate surface area is 67.4 Å². The van der Waals surface area contributed by atoms with Crippen LogP contribution in [0.5, 0.6) is 0 Å². The molecule has 0 spiro atoms. The summed E-state index contributed by atoms with van der Waals surface area (Å²) >= 11 is 0. The molecule has 0 bridgehead atoms. The number of nitrogens with one attached hydrogen (secondary N) is 1. The molecule has 1 N–H and O–H groups in total. The summed E-state index contributed by atoms with van der Waals surface area (Å²) in [7, 11) is 3.38. The van der Waals surface area contributed by atoms with Gasteiger partial charge in [0.25, 0.3) is 0 Å². The Morgan fingerprint density at radius 2 is 2.09 bits per heavy atom. The zero-order valence-corrected chi connectivity index (χ0v) is 7.29. The average molecular weight is 157 g/mol. The number of carbonyl (C=O) groups is 1. The third-order valence-corrected chi connectivity index (χ3v) is 0.625. The molecule has 4 heteroatoms. The van der Waals surface area contributed by atoms with Crippen molar-refractivity contribution >= 4 is 12.4 Å². The Morgan fingerprint density at radius 3 is 2.18 bits per heavy atom. The molecule has 0 aliphatic rings. The molecule has 0 rings (SSSR count). The first-order chi connectivity index (χ1) is 5.18. The van der Waals surface area contributed by atoms with Crippen LogP contribution >= 0.6 is 0 Å². The monoisotopic (exact) mass is 157 g/mol. The minimum Gasteiger partial charge on any atom is -0.351 e. The lowest BCUT2D eigenvalue weighted by Crippen LogP contribution is -2.06. The molecule has 0 aliphatic carbocycles. The summed E-state index contributed by atoms with van der Waals surface area (Å²) in [6.07, 6.45) is 1.76. The minimum atomic E-state index is 0.740. The van der Waals surface area contributed by atoms with Gasteiger partial charge in [0.1, 0.15) is 0 Å². The van der Waals surface area contributed by atoms with E-state index in [0.717, 1.165) is 19.4 Å². The Balaban J connectivity index is 0. The van der Waals surface area contributed by atoms with Gasteiger partial charge in [-0.3, -0.25) is 4.79 Å². The number of nitrogens with zero attached hydrogens (tertiary/aromatic N) is 2. The van der Waals surface area contributed by atoms with E-state index >= 15 is 0 Å². The quantitative estimate of drug-likeness (QED) is 0.479. The average Bonchev–Trinajstić information content (AvgIpc) is 2.02. The van der Waals surface area contributed by atoms with Crippen molar-refractivity contribution in [2.24, 2.45) is 4.99 Å². The highest BCUT2D eigenvalue weighted by Gasteiger charge is 1.68. The standard InChI is InChI=1S/C4H8N2.C3H7NO/c1-2-3-6-4-5;1-4(2)3-5/h5H,2-3H2,1H3;3H,1-2H3. The highest BCUT2D eigenvalue weighted by molar-refractivity contribution is 5.45. The lowest BCUT2D eigenvalue weighted by molar-refractivity contribution is -0.115. The van der Waals surface area contributed by atoms with Gasteiger partial charge in [-0.15, -0.1) is 0 Å². The zero-order valence-electron chi connectivity index (χ0n) is 7.29. The van der Waals surface area contributed by atoms with E-state index in [-0.39, 0.29) is 0 Å². The normalized spacial score (nSPS) is 6.82. The zero-order chi connectivity index (χ0) is 9.11. The molecule has 0 saturated carbocycles. The van der Waals surface area contributed by atoms with Gasteiger partial charge in [-0.25, -0.2) is 10.4 Å². The lowest BCUT2D eigenvalue weighted by atomic mass is 10.5. The molecule has 0 aromatic rings. The van der Waals surface area contributed by atoms with Crippen LogP contribution in [0.1, 0.15) is 13.3 Å². The molecule has 0 fully saturated rings. The van der Waals surface area contributed by atoms with Gasteiger partial charge in [-0.05, 0) is 6.42 Å². The summed E-state index contributed by atoms with van der Waals surface area (Å²) in [5.41, 5.74) is 0. The van der Waals surface area contributed by atoms with Crippen LogP contribution in [-0.4, -0.2) is 38.0 Å². The summed E-state index contributed by atoms with van der Waals surface area (Å²) in [4.78, 5) is 14.4. The molecular formula is C7H15N3O. The molecular weight excluding hydrogens is 142 g/mol. The van der Waals surface area contributed by atoms with E-state index in [9.17, 15) is 4.79 Å². The van der Waals surface area contributed by atoms with Crippen LogP contribution in [0.3, 0.4) is 0 Å². The van der Waals surface area contributed by atoms with Gasteiger partial charge in [0.05, 0.1) is 6.01 Å². The summed E-state index contributed by atoms with van der Waals surface area (Å²) in [5.74, 6) is 0. The van der Waals surface area contributed by atoms with Gasteiger partial charge in [-0.2, -0.15) is 0 Å². The van der Waals surface area contributed by atoms with Crippen LogP contribution in [0, 0.1) is 5.41 Å². The van der Waals surface area contributed by atoms with E-state index in [0.29, 0.717) is 0 Å². The molecule has 11 heavy (non-hydrogen) atoms. The number of hydrogen-bond donors (Lipinski definition) is 1. The molecule has 0 heterocycles. The number of hydrogen-bond acceptors (Lipinski definition) is 3. The topological polar surface area (TPSA) is 56.5 Å². The molecule has 0 saturated heterocycles. The number of amides is 1. The van der Waals surface area contributed by atoms with Crippen molar-refractivity contribution in [3.05, 3.63) is 0 Å². The molecule has 0 atom stereocenters. The minimum absolute atomic E-state index is 0.740. The largest absolute Gasteiger partial charge is 0.351 e. The van der Waals surface area contributed by atoms with Crippen LogP contribution in [0.2, 0.25) is 0 Å². The summed E-state index contributed by atoms with van der Waals surface area (Å²) in [6.45, 7) is 2.75. The maximum atomic E-state index is 9.43. The molecule has 0 aromatic heterocycles. The first kappa shape index (κ1) is 12.5. The molecule has 1 amide bonds. The van der Waals surface area contributed by atoms with Gasteiger partial charge in [0, 0.05) is 20.6 Å². The van der Waals surface area contributed by atoms with Gasteiger partial charge < -0.3 is 4.90 Å². The number of aliphatic imine (C=N–C) groups is 1. The van der Waals surface area contributed by atoms with Crippen molar-refractivity contribution < 1.29 is 4.79 Å². The van der Waals surface area contributed by atoms with Gasteiger partial charge >= 0.3 is 0 Å². The fourth-order valence-corrected chi connectivity index (χ4v) is 0.168. The number of rotatable bonds is 3. The molecule has 4 nitrogen and oxygen atoms in total. The highest BCUT2D eigenvalue weighted by Crippen LogP contribution is 1.71. The lowest BCUT2D eigenvalue weighted by Gasteiger charge is -1.93. The summed E-state index contributed by atoms with van der Waals surface area (Å²) in [5, 5.41) is 6.29. The maximum absolute atomic E-state index is 9.43. The van der Waals surface area contributed by atoms with Gasteiger partial charge in [0.2, 0.25) is 6.41 Å². The predicted molar refractivity (Wildman–Crippen MR) is 45.1 cm³/mol. The first-order valence-corrected chi connectivity index (χ1v) is 3.39. The van der Waals surface area contributed by atoms with Crippen LogP contribution in [0.4, 0.5) is 0 Å². The Morgan fingerprint density at radius 1 is 1.64 bits per heavy atom. The van der Waals surface area contributed by atoms with Crippen LogP contribution < -0.4 is 0 Å². The van der Waals surface area contributed by atoms with Crippen LogP contribution in [0.25, 0.3) is 0 Å². The van der Waals surface area contributed by atoms with E-state index < -0.39 is 0 Å². The van der Waals surface area contributed by atoms with Crippen molar-refractivity contribution in [3.63, 3.8) is 0 Å². The molecule has 0 radical (unpaired) electrons. The smallest absolute Gasteiger partial charge is 0.209 e. The Hall–Kier alpha value is -1.15. The van der Waals surface area contributed by atoms with Crippen LogP contribution in [0.15, 0.2) is 4.99 Å². The van der Waals surface area contributed by atoms with Crippen molar-refractivity contribution in [2.45, 2.75) is 13.3 Å². The van der Waals surface area contributed by atoms with Crippen molar-refractivity contribution in [2.75, 3.05) is 20.6 Å². The Bertz CT molecular complexity index is 128. The SMILES string of the molecule is CCCN=C=N.CN(C)C=O. The van der Waals surface area contributed by atoms with E-state index in [1.54, 1.807) is 14.1 Å². The fraction of sp³-hybridized carbons (Fsp3) is 0.714. The van der Waals surface area contributed by atoms with E-state index in [1.165, 1.54) is 4.90 Å². The second-order valence-corrected chi connectivity index (χ2v) is 2.06. The molecule has 64 valence electrons. The van der Waals surface area contributed by atoms with Gasteiger partial charge in [0.15, 0.2) is 0 Å². The van der Waals surface area contributed by atoms with E-state index in [4.69, 9.17) is 5.41 Å². The maximum Gasteiger partial charge on any atom is 0.209 e. The van der Waals surface area contributed by atoms with E-state index in [2.05, 4.69) is 4.99 Å². The van der Waals surface area contributed by atoms with Gasteiger partial charge in [-0.1, -0.05) is 6.92 Å². The molecule has 0 aliphatic heterocycles. The van der Waals surface area contributed by atoms with Crippen molar-refractivity contribution in [1.29, 1.82) is 5.41 Å². The van der Waals surface area contributed by atoms with Crippen LogP contribution in [-0.2, 0) is 4.79 Å². The fourth-order valence-electron chi connectivity index (χ4n) is 0.168. The first-order valence-electron chi connectivity index (χ1n) is 3.39. The Kier molecular flexibility index (Phi) is 13.2. The summed E-state index contributed by atoms with van der Waals surface area (Å²) < 4.78 is 0. The highest BCUT2D eigenvalue weighted by atomic mass is 16.1. The molecule has 0 aromatic carbocycles. The second kappa shape index (κ2) is 11.6. The summed E-state index contributed by atoms with van der Waals surface area (Å²) in [6, 6.07) is 1.94. The van der Waals surface area contributed by atoms with Crippen molar-refractivity contribution in [1.82, 2.24) is 4.90 Å². The van der Waals surface area contributed by atoms with E-state index in [1.807, 2.05) is 12.9 Å². The third-order valence-electron chi connectivity index (χ3n) is 0.625. The predicted octanol–water partition coefficient (Wildman–Crippen LogP) is 0.853. The second-order valence-electron chi connectivity index (χ2n) is 2.06. The molecule has 0 unspecified atom stereocenters. The number of carbonyl (C=O) groups excluding carboxylic acids is 1. The van der Waals surface area contributed by atoms with Crippen molar-refractivity contribution in [3.8, 4) is 0 Å². The third kappa shape index (κ3) is 28.0.